The highest BCUT2D eigenvalue weighted by Gasteiger charge is 2.45. The summed E-state index contributed by atoms with van der Waals surface area (Å²) in [5, 5.41) is 0. The van der Waals surface area contributed by atoms with E-state index in [0.29, 0.717) is 12.0 Å². The van der Waals surface area contributed by atoms with Gasteiger partial charge in [0.2, 0.25) is 0 Å². The molecule has 3 fully saturated rings. The van der Waals surface area contributed by atoms with E-state index in [9.17, 15) is 9.18 Å². The molecule has 0 aromatic heterocycles. The zero-order valence-corrected chi connectivity index (χ0v) is 14.0. The summed E-state index contributed by atoms with van der Waals surface area (Å²) < 4.78 is 19.4. The highest BCUT2D eigenvalue weighted by Crippen LogP contribution is 2.34. The lowest BCUT2D eigenvalue weighted by atomic mass is 9.99. The maximum atomic E-state index is 14.0. The molecule has 4 nitrogen and oxygen atoms in total. The Kier molecular flexibility index (Phi) is 4.55. The molecule has 0 aliphatic carbocycles. The van der Waals surface area contributed by atoms with Crippen LogP contribution in [-0.4, -0.2) is 60.6 Å². The number of amides is 1. The van der Waals surface area contributed by atoms with Crippen molar-refractivity contribution in [2.24, 2.45) is 5.92 Å². The van der Waals surface area contributed by atoms with E-state index in [2.05, 4.69) is 4.90 Å². The minimum Gasteiger partial charge on any atom is -0.381 e. The van der Waals surface area contributed by atoms with E-state index in [4.69, 9.17) is 4.74 Å². The van der Waals surface area contributed by atoms with E-state index >= 15 is 0 Å². The topological polar surface area (TPSA) is 32.8 Å². The van der Waals surface area contributed by atoms with Crippen molar-refractivity contribution in [2.45, 2.75) is 37.8 Å². The molecule has 24 heavy (non-hydrogen) atoms. The number of carbonyl (C=O) groups excluding carboxylic acids is 1. The van der Waals surface area contributed by atoms with E-state index in [1.807, 2.05) is 4.90 Å². The van der Waals surface area contributed by atoms with Crippen LogP contribution in [0.15, 0.2) is 24.3 Å². The predicted octanol–water partition coefficient (Wildman–Crippen LogP) is 2.54. The molecule has 2 atom stereocenters. The highest BCUT2D eigenvalue weighted by molar-refractivity contribution is 5.95. The third-order valence-corrected chi connectivity index (χ3v) is 5.89. The maximum Gasteiger partial charge on any atom is 0.257 e. The molecule has 130 valence electrons. The smallest absolute Gasteiger partial charge is 0.257 e. The molecule has 0 bridgehead atoms. The van der Waals surface area contributed by atoms with Crippen LogP contribution in [0.2, 0.25) is 0 Å². The number of likely N-dealkylation sites (tertiary alicyclic amines) is 2. The Bertz CT molecular complexity index is 603. The van der Waals surface area contributed by atoms with Crippen molar-refractivity contribution < 1.29 is 13.9 Å². The average Bonchev–Trinajstić information content (AvgIpc) is 3.19. The molecule has 3 aliphatic heterocycles. The Hall–Kier alpha value is -1.46. The summed E-state index contributed by atoms with van der Waals surface area (Å²) >= 11 is 0. The van der Waals surface area contributed by atoms with Crippen molar-refractivity contribution in [3.05, 3.63) is 35.6 Å². The zero-order valence-electron chi connectivity index (χ0n) is 14.0. The third-order valence-electron chi connectivity index (χ3n) is 5.89. The lowest BCUT2D eigenvalue weighted by Crippen LogP contribution is -2.41. The molecule has 5 heteroatoms. The van der Waals surface area contributed by atoms with Gasteiger partial charge in [-0.05, 0) is 43.7 Å². The molecular formula is C19H25FN2O2. The SMILES string of the molecule is O=C(c1ccccc1F)N1CC[C@@H]2[C@@H]1CCN2CC1CCOCC1. The summed E-state index contributed by atoms with van der Waals surface area (Å²) in [7, 11) is 0. The first-order valence-electron chi connectivity index (χ1n) is 9.11. The number of halogens is 1. The van der Waals surface area contributed by atoms with Crippen LogP contribution in [0, 0.1) is 11.7 Å². The number of ether oxygens (including phenoxy) is 1. The monoisotopic (exact) mass is 332 g/mol. The molecule has 0 N–H and O–H groups in total. The number of benzene rings is 1. The second-order valence-electron chi connectivity index (χ2n) is 7.24. The van der Waals surface area contributed by atoms with Gasteiger partial charge in [0, 0.05) is 44.9 Å². The van der Waals surface area contributed by atoms with Crippen molar-refractivity contribution in [3.63, 3.8) is 0 Å². The van der Waals surface area contributed by atoms with E-state index < -0.39 is 5.82 Å². The van der Waals surface area contributed by atoms with Gasteiger partial charge in [-0.25, -0.2) is 4.39 Å². The standard InChI is InChI=1S/C19H25FN2O2/c20-16-4-2-1-3-15(16)19(23)22-10-6-17-18(22)5-9-21(17)13-14-7-11-24-12-8-14/h1-4,14,17-18H,5-13H2/t17-,18+/m1/s1. The van der Waals surface area contributed by atoms with Gasteiger partial charge in [0.15, 0.2) is 0 Å². The van der Waals surface area contributed by atoms with Crippen LogP contribution in [0.5, 0.6) is 0 Å². The van der Waals surface area contributed by atoms with E-state index in [1.165, 1.54) is 6.07 Å². The molecule has 3 heterocycles. The normalized spacial score (nSPS) is 28.3. The minimum absolute atomic E-state index is 0.145. The Morgan fingerprint density at radius 1 is 1.08 bits per heavy atom. The number of fused-ring (bicyclic) bond motifs is 1. The first-order chi connectivity index (χ1) is 11.7. The Balaban J connectivity index is 1.42. The fourth-order valence-electron chi connectivity index (χ4n) is 4.60. The Labute approximate surface area is 142 Å². The molecule has 3 aliphatic rings. The summed E-state index contributed by atoms with van der Waals surface area (Å²) in [6.07, 6.45) is 4.31. The molecule has 0 unspecified atom stereocenters. The van der Waals surface area contributed by atoms with Crippen molar-refractivity contribution in [1.29, 1.82) is 0 Å². The van der Waals surface area contributed by atoms with Crippen LogP contribution in [0.25, 0.3) is 0 Å². The summed E-state index contributed by atoms with van der Waals surface area (Å²) in [5.74, 6) is 0.158. The first-order valence-corrected chi connectivity index (χ1v) is 9.11. The summed E-state index contributed by atoms with van der Waals surface area (Å²) in [5.41, 5.74) is 0.209. The molecule has 0 radical (unpaired) electrons. The van der Waals surface area contributed by atoms with Gasteiger partial charge in [-0.15, -0.1) is 0 Å². The lowest BCUT2D eigenvalue weighted by molar-refractivity contribution is 0.0502. The number of rotatable bonds is 3. The average molecular weight is 332 g/mol. The number of hydrogen-bond donors (Lipinski definition) is 0. The largest absolute Gasteiger partial charge is 0.381 e. The summed E-state index contributed by atoms with van der Waals surface area (Å²) in [4.78, 5) is 17.2. The maximum absolute atomic E-state index is 14.0. The van der Waals surface area contributed by atoms with Gasteiger partial charge >= 0.3 is 0 Å². The van der Waals surface area contributed by atoms with Crippen LogP contribution in [0.3, 0.4) is 0 Å². The number of nitrogens with zero attached hydrogens (tertiary/aromatic N) is 2. The van der Waals surface area contributed by atoms with Crippen molar-refractivity contribution in [3.8, 4) is 0 Å². The Morgan fingerprint density at radius 3 is 2.62 bits per heavy atom. The van der Waals surface area contributed by atoms with Gasteiger partial charge in [0.1, 0.15) is 5.82 Å². The lowest BCUT2D eigenvalue weighted by Gasteiger charge is -2.30. The third kappa shape index (κ3) is 2.95. The van der Waals surface area contributed by atoms with Gasteiger partial charge in [0.25, 0.3) is 5.91 Å². The van der Waals surface area contributed by atoms with Crippen LogP contribution in [-0.2, 0) is 4.74 Å². The van der Waals surface area contributed by atoms with E-state index in [-0.39, 0.29) is 17.5 Å². The van der Waals surface area contributed by atoms with Crippen molar-refractivity contribution in [2.75, 3.05) is 32.8 Å². The van der Waals surface area contributed by atoms with Gasteiger partial charge in [0.05, 0.1) is 5.56 Å². The van der Waals surface area contributed by atoms with Gasteiger partial charge in [-0.3, -0.25) is 9.69 Å². The fraction of sp³-hybridized carbons (Fsp3) is 0.632. The van der Waals surface area contributed by atoms with E-state index in [1.54, 1.807) is 18.2 Å². The summed E-state index contributed by atoms with van der Waals surface area (Å²) in [6.45, 7) is 4.67. The van der Waals surface area contributed by atoms with Crippen LogP contribution in [0.1, 0.15) is 36.0 Å². The number of carbonyl (C=O) groups is 1. The van der Waals surface area contributed by atoms with Crippen molar-refractivity contribution in [1.82, 2.24) is 9.80 Å². The molecule has 1 amide bonds. The summed E-state index contributed by atoms with van der Waals surface area (Å²) in [6, 6.07) is 7.02. The molecule has 0 saturated carbocycles. The van der Waals surface area contributed by atoms with Gasteiger partial charge in [-0.1, -0.05) is 12.1 Å². The van der Waals surface area contributed by atoms with Crippen molar-refractivity contribution >= 4 is 5.91 Å². The molecular weight excluding hydrogens is 307 g/mol. The zero-order chi connectivity index (χ0) is 16.5. The fourth-order valence-corrected chi connectivity index (χ4v) is 4.60. The quantitative estimate of drug-likeness (QED) is 0.853. The van der Waals surface area contributed by atoms with Crippen LogP contribution < -0.4 is 0 Å². The molecule has 4 rings (SSSR count). The highest BCUT2D eigenvalue weighted by atomic mass is 19.1. The van der Waals surface area contributed by atoms with Crippen LogP contribution in [0.4, 0.5) is 4.39 Å². The first kappa shape index (κ1) is 16.0. The Morgan fingerprint density at radius 2 is 1.83 bits per heavy atom. The van der Waals surface area contributed by atoms with Gasteiger partial charge < -0.3 is 9.64 Å². The number of hydrogen-bond acceptors (Lipinski definition) is 3. The molecule has 1 aromatic rings. The molecule has 1 aromatic carbocycles. The predicted molar refractivity (Wildman–Crippen MR) is 89.4 cm³/mol. The molecule has 0 spiro atoms. The van der Waals surface area contributed by atoms with Crippen LogP contribution >= 0.6 is 0 Å². The molecule has 3 saturated heterocycles. The van der Waals surface area contributed by atoms with E-state index in [0.717, 1.165) is 58.5 Å². The second-order valence-corrected chi connectivity index (χ2v) is 7.24. The second kappa shape index (κ2) is 6.81. The van der Waals surface area contributed by atoms with Gasteiger partial charge in [-0.2, -0.15) is 0 Å². The minimum atomic E-state index is -0.414.